The largest absolute Gasteiger partial charge is 2.00 e. The van der Waals surface area contributed by atoms with Crippen molar-refractivity contribution in [1.29, 1.82) is 0 Å². The summed E-state index contributed by atoms with van der Waals surface area (Å²) in [6.07, 6.45) is 0. The van der Waals surface area contributed by atoms with Crippen molar-refractivity contribution in [1.82, 2.24) is 0 Å². The standard InChI is InChI=1S/C10H6FS.ClH.Zn/c11-9-5-3-8(4-6-9)10-2-1-7-12-10;;/h1-6H;1H;/q-1;;+2/p-1. The van der Waals surface area contributed by atoms with Crippen LogP contribution in [-0.4, -0.2) is 0 Å². The van der Waals surface area contributed by atoms with Crippen LogP contribution in [-0.2, 0) is 19.5 Å². The molecule has 0 N–H and O–H groups in total. The molecule has 1 aromatic carbocycles. The second-order valence-corrected chi connectivity index (χ2v) is 3.30. The molecular formula is C10H6ClFSZn. The third-order valence-corrected chi connectivity index (χ3v) is 2.45. The van der Waals surface area contributed by atoms with E-state index in [4.69, 9.17) is 0 Å². The molecular weight excluding hydrogens is 272 g/mol. The summed E-state index contributed by atoms with van der Waals surface area (Å²) in [5.41, 5.74) is 1.04. The zero-order valence-electron chi connectivity index (χ0n) is 7.34. The van der Waals surface area contributed by atoms with E-state index in [9.17, 15) is 4.39 Å². The molecule has 0 saturated carbocycles. The first-order chi connectivity index (χ1) is 5.86. The van der Waals surface area contributed by atoms with Crippen molar-refractivity contribution < 1.29 is 36.3 Å². The van der Waals surface area contributed by atoms with Crippen molar-refractivity contribution in [2.75, 3.05) is 0 Å². The molecule has 0 saturated heterocycles. The van der Waals surface area contributed by atoms with Gasteiger partial charge in [0.05, 0.1) is 0 Å². The molecule has 2 aromatic rings. The van der Waals surface area contributed by atoms with Crippen LogP contribution < -0.4 is 12.4 Å². The molecule has 1 heterocycles. The van der Waals surface area contributed by atoms with Gasteiger partial charge in [0, 0.05) is 0 Å². The summed E-state index contributed by atoms with van der Waals surface area (Å²) in [6, 6.07) is 10.3. The molecule has 0 fully saturated rings. The number of halogens is 2. The van der Waals surface area contributed by atoms with Crippen molar-refractivity contribution in [3.05, 3.63) is 47.6 Å². The van der Waals surface area contributed by atoms with E-state index in [1.54, 1.807) is 12.1 Å². The Bertz CT molecular complexity index is 358. The van der Waals surface area contributed by atoms with Crippen LogP contribution in [0.15, 0.2) is 36.4 Å². The van der Waals surface area contributed by atoms with Crippen molar-refractivity contribution in [3.8, 4) is 10.4 Å². The van der Waals surface area contributed by atoms with Gasteiger partial charge in [-0.3, -0.25) is 11.3 Å². The van der Waals surface area contributed by atoms with Crippen molar-refractivity contribution >= 4 is 11.3 Å². The Labute approximate surface area is 105 Å². The smallest absolute Gasteiger partial charge is 1.00 e. The maximum atomic E-state index is 12.5. The maximum Gasteiger partial charge on any atom is 2.00 e. The molecule has 4 heteroatoms. The van der Waals surface area contributed by atoms with Crippen LogP contribution in [0.4, 0.5) is 4.39 Å². The summed E-state index contributed by atoms with van der Waals surface area (Å²) in [4.78, 5) is 1.12. The number of hydrogen-bond donors (Lipinski definition) is 0. The van der Waals surface area contributed by atoms with Crippen LogP contribution in [0.3, 0.4) is 0 Å². The number of rotatable bonds is 1. The Morgan fingerprint density at radius 3 is 2.21 bits per heavy atom. The Balaban J connectivity index is 0.000000845. The van der Waals surface area contributed by atoms with Crippen LogP contribution >= 0.6 is 11.3 Å². The molecule has 0 unspecified atom stereocenters. The molecule has 0 aliphatic carbocycles. The molecule has 1 aromatic heterocycles. The third kappa shape index (κ3) is 3.16. The number of thiophene rings is 1. The predicted molar refractivity (Wildman–Crippen MR) is 48.5 cm³/mol. The van der Waals surface area contributed by atoms with Gasteiger partial charge in [0.1, 0.15) is 5.82 Å². The van der Waals surface area contributed by atoms with E-state index in [1.165, 1.54) is 23.5 Å². The van der Waals surface area contributed by atoms with Crippen LogP contribution in [0.5, 0.6) is 0 Å². The van der Waals surface area contributed by atoms with Gasteiger partial charge >= 0.3 is 19.5 Å². The second-order valence-electron chi connectivity index (χ2n) is 2.42. The quantitative estimate of drug-likeness (QED) is 0.522. The van der Waals surface area contributed by atoms with Crippen molar-refractivity contribution in [2.24, 2.45) is 0 Å². The normalized spacial score (nSPS) is 8.64. The molecule has 2 rings (SSSR count). The van der Waals surface area contributed by atoms with E-state index >= 15 is 0 Å². The zero-order valence-corrected chi connectivity index (χ0v) is 11.9. The Hall–Kier alpha value is -0.237. The van der Waals surface area contributed by atoms with E-state index in [2.05, 4.69) is 5.38 Å². The molecule has 14 heavy (non-hydrogen) atoms. The molecule has 0 aliphatic heterocycles. The van der Waals surface area contributed by atoms with Crippen LogP contribution in [0.2, 0.25) is 0 Å². The molecule has 0 aliphatic rings. The van der Waals surface area contributed by atoms with Gasteiger partial charge in [0.25, 0.3) is 0 Å². The van der Waals surface area contributed by atoms with Gasteiger partial charge in [-0.15, -0.1) is 10.3 Å². The van der Waals surface area contributed by atoms with E-state index in [0.717, 1.165) is 10.4 Å². The van der Waals surface area contributed by atoms with Gasteiger partial charge in [0.15, 0.2) is 0 Å². The molecule has 68 valence electrons. The van der Waals surface area contributed by atoms with Gasteiger partial charge in [0.2, 0.25) is 0 Å². The average Bonchev–Trinajstić information content (AvgIpc) is 2.58. The Kier molecular flexibility index (Phi) is 6.18. The molecule has 0 bridgehead atoms. The minimum Gasteiger partial charge on any atom is -1.00 e. The number of benzene rings is 1. The van der Waals surface area contributed by atoms with Gasteiger partial charge in [-0.2, -0.15) is 12.1 Å². The SMILES string of the molecule is Fc1ccc(-c2cc[c-]s2)cc1.[Cl-].[Zn+2]. The maximum absolute atomic E-state index is 12.5. The summed E-state index contributed by atoms with van der Waals surface area (Å²) in [6.45, 7) is 0. The van der Waals surface area contributed by atoms with E-state index in [1.807, 2.05) is 12.1 Å². The van der Waals surface area contributed by atoms with Crippen LogP contribution in [0, 0.1) is 11.2 Å². The fraction of sp³-hybridized carbons (Fsp3) is 0. The molecule has 0 amide bonds. The average molecular weight is 278 g/mol. The van der Waals surface area contributed by atoms with Gasteiger partial charge in [-0.1, -0.05) is 17.7 Å². The fourth-order valence-corrected chi connectivity index (χ4v) is 1.66. The van der Waals surface area contributed by atoms with Crippen LogP contribution in [0.25, 0.3) is 10.4 Å². The van der Waals surface area contributed by atoms with Crippen molar-refractivity contribution in [3.63, 3.8) is 0 Å². The predicted octanol–water partition coefficient (Wildman–Crippen LogP) is 0.356. The topological polar surface area (TPSA) is 0 Å². The molecule has 0 atom stereocenters. The third-order valence-electron chi connectivity index (χ3n) is 1.60. The fourth-order valence-electron chi connectivity index (χ4n) is 1.01. The summed E-state index contributed by atoms with van der Waals surface area (Å²) < 4.78 is 12.5. The Morgan fingerprint density at radius 2 is 1.71 bits per heavy atom. The van der Waals surface area contributed by atoms with Crippen LogP contribution in [0.1, 0.15) is 0 Å². The summed E-state index contributed by atoms with van der Waals surface area (Å²) in [7, 11) is 0. The minimum absolute atomic E-state index is 0. The number of hydrogen-bond acceptors (Lipinski definition) is 1. The first-order valence-corrected chi connectivity index (χ1v) is 4.40. The minimum atomic E-state index is -0.195. The first-order valence-electron chi connectivity index (χ1n) is 3.58. The summed E-state index contributed by atoms with van der Waals surface area (Å²) >= 11 is 1.53. The first kappa shape index (κ1) is 13.8. The second kappa shape index (κ2) is 6.29. The summed E-state index contributed by atoms with van der Waals surface area (Å²) in [5.74, 6) is -0.195. The molecule has 0 nitrogen and oxygen atoms in total. The van der Waals surface area contributed by atoms with E-state index in [-0.39, 0.29) is 37.7 Å². The van der Waals surface area contributed by atoms with Gasteiger partial charge in [-0.05, 0) is 12.1 Å². The van der Waals surface area contributed by atoms with E-state index < -0.39 is 0 Å². The monoisotopic (exact) mass is 276 g/mol. The van der Waals surface area contributed by atoms with Gasteiger partial charge in [-0.25, -0.2) is 4.39 Å². The Morgan fingerprint density at radius 1 is 1.07 bits per heavy atom. The van der Waals surface area contributed by atoms with E-state index in [0.29, 0.717) is 0 Å². The molecule has 0 spiro atoms. The van der Waals surface area contributed by atoms with Crippen molar-refractivity contribution in [2.45, 2.75) is 0 Å². The molecule has 0 radical (unpaired) electrons. The zero-order chi connectivity index (χ0) is 8.39. The summed E-state index contributed by atoms with van der Waals surface area (Å²) in [5, 5.41) is 2.99. The van der Waals surface area contributed by atoms with Gasteiger partial charge < -0.3 is 12.4 Å².